The van der Waals surface area contributed by atoms with Crippen LogP contribution in [0.15, 0.2) is 91.0 Å². The first-order chi connectivity index (χ1) is 15.0. The second kappa shape index (κ2) is 10.8. The molecule has 0 radical (unpaired) electrons. The smallest absolute Gasteiger partial charge is 0.307 e. The van der Waals surface area contributed by atoms with E-state index < -0.39 is 22.6 Å². The van der Waals surface area contributed by atoms with Gasteiger partial charge in [0.15, 0.2) is 0 Å². The van der Waals surface area contributed by atoms with Crippen LogP contribution in [0.25, 0.3) is 0 Å². The summed E-state index contributed by atoms with van der Waals surface area (Å²) < 4.78 is -0.449. The Bertz CT molecular complexity index is 877. The first kappa shape index (κ1) is 22.6. The molecular weight excluding hydrogens is 408 g/mol. The zero-order chi connectivity index (χ0) is 22.1. The van der Waals surface area contributed by atoms with Crippen LogP contribution >= 0.6 is 11.8 Å². The largest absolute Gasteiger partial charge is 0.481 e. The van der Waals surface area contributed by atoms with Crippen LogP contribution in [0.4, 0.5) is 0 Å². The molecule has 0 saturated carbocycles. The molecule has 0 aliphatic rings. The highest BCUT2D eigenvalue weighted by atomic mass is 32.2. The molecule has 1 atom stereocenters. The average Bonchev–Trinajstić information content (AvgIpc) is 2.80. The maximum absolute atomic E-state index is 11.4. The van der Waals surface area contributed by atoms with E-state index in [1.807, 2.05) is 54.6 Å². The Morgan fingerprint density at radius 3 is 1.52 bits per heavy atom. The molecule has 160 valence electrons. The van der Waals surface area contributed by atoms with E-state index in [4.69, 9.17) is 5.11 Å². The quantitative estimate of drug-likeness (QED) is 0.301. The highest BCUT2D eigenvalue weighted by molar-refractivity contribution is 8.00. The first-order valence-electron chi connectivity index (χ1n) is 10.3. The molecule has 3 aromatic carbocycles. The second-order valence-electron chi connectivity index (χ2n) is 7.40. The average molecular weight is 435 g/mol. The standard InChI is InChI=1S/C26H26O4S/c27-24(28)19-20(25(29)30)11-10-18-31-26(21-12-4-1-5-13-21,22-14-6-2-7-15-22)23-16-8-3-9-17-23/h1-9,12-17,20H,10-11,18-19H2,(H,27,28)(H,29,30). The van der Waals surface area contributed by atoms with Gasteiger partial charge in [-0.25, -0.2) is 0 Å². The van der Waals surface area contributed by atoms with Gasteiger partial charge in [0.05, 0.1) is 17.1 Å². The van der Waals surface area contributed by atoms with Gasteiger partial charge >= 0.3 is 11.9 Å². The fraction of sp³-hybridized carbons (Fsp3) is 0.231. The van der Waals surface area contributed by atoms with Gasteiger partial charge in [-0.2, -0.15) is 0 Å². The van der Waals surface area contributed by atoms with E-state index in [2.05, 4.69) is 36.4 Å². The minimum Gasteiger partial charge on any atom is -0.481 e. The molecule has 0 saturated heterocycles. The van der Waals surface area contributed by atoms with Crippen LogP contribution in [0.1, 0.15) is 36.0 Å². The van der Waals surface area contributed by atoms with Crippen LogP contribution in [0.5, 0.6) is 0 Å². The normalized spacial score (nSPS) is 12.3. The van der Waals surface area contributed by atoms with Crippen molar-refractivity contribution in [1.82, 2.24) is 0 Å². The van der Waals surface area contributed by atoms with Crippen LogP contribution in [0, 0.1) is 5.92 Å². The summed E-state index contributed by atoms with van der Waals surface area (Å²) >= 11 is 1.76. The van der Waals surface area contributed by atoms with Crippen molar-refractivity contribution in [3.63, 3.8) is 0 Å². The van der Waals surface area contributed by atoms with Crippen molar-refractivity contribution in [2.24, 2.45) is 5.92 Å². The molecule has 0 aliphatic carbocycles. The first-order valence-corrected chi connectivity index (χ1v) is 11.3. The van der Waals surface area contributed by atoms with Gasteiger partial charge in [0, 0.05) is 0 Å². The molecule has 0 aliphatic heterocycles. The fourth-order valence-electron chi connectivity index (χ4n) is 3.85. The van der Waals surface area contributed by atoms with Gasteiger partial charge in [-0.15, -0.1) is 11.8 Å². The molecule has 1 unspecified atom stereocenters. The highest BCUT2D eigenvalue weighted by Gasteiger charge is 2.36. The predicted molar refractivity (Wildman–Crippen MR) is 124 cm³/mol. The summed E-state index contributed by atoms with van der Waals surface area (Å²) in [5.41, 5.74) is 3.45. The molecular formula is C26H26O4S. The van der Waals surface area contributed by atoms with Crippen molar-refractivity contribution in [1.29, 1.82) is 0 Å². The molecule has 0 amide bonds. The van der Waals surface area contributed by atoms with Gasteiger partial charge in [0.2, 0.25) is 0 Å². The molecule has 0 spiro atoms. The van der Waals surface area contributed by atoms with E-state index in [1.54, 1.807) is 11.8 Å². The molecule has 0 bridgehead atoms. The van der Waals surface area contributed by atoms with Crippen LogP contribution in [0.2, 0.25) is 0 Å². The Morgan fingerprint density at radius 1 is 0.742 bits per heavy atom. The molecule has 31 heavy (non-hydrogen) atoms. The van der Waals surface area contributed by atoms with E-state index in [9.17, 15) is 14.7 Å². The lowest BCUT2D eigenvalue weighted by molar-refractivity contribution is -0.148. The van der Waals surface area contributed by atoms with Crippen LogP contribution in [-0.2, 0) is 14.3 Å². The molecule has 4 nitrogen and oxygen atoms in total. The summed E-state index contributed by atoms with van der Waals surface area (Å²) in [7, 11) is 0. The number of carboxylic acid groups (broad SMARTS) is 2. The highest BCUT2D eigenvalue weighted by Crippen LogP contribution is 2.48. The third-order valence-electron chi connectivity index (χ3n) is 5.33. The molecule has 5 heteroatoms. The minimum atomic E-state index is -1.08. The Morgan fingerprint density at radius 2 is 1.16 bits per heavy atom. The fourth-order valence-corrected chi connectivity index (χ4v) is 5.37. The Hall–Kier alpha value is -3.05. The zero-order valence-electron chi connectivity index (χ0n) is 17.2. The third kappa shape index (κ3) is 5.56. The van der Waals surface area contributed by atoms with Gasteiger partial charge in [0.25, 0.3) is 0 Å². The lowest BCUT2D eigenvalue weighted by atomic mass is 9.84. The number of rotatable bonds is 11. The summed E-state index contributed by atoms with van der Waals surface area (Å²) in [5.74, 6) is -2.29. The zero-order valence-corrected chi connectivity index (χ0v) is 18.0. The molecule has 0 heterocycles. The number of hydrogen-bond donors (Lipinski definition) is 2. The lowest BCUT2D eigenvalue weighted by Crippen LogP contribution is -2.26. The van der Waals surface area contributed by atoms with Gasteiger partial charge in [0.1, 0.15) is 0 Å². The van der Waals surface area contributed by atoms with Gasteiger partial charge in [-0.3, -0.25) is 9.59 Å². The Kier molecular flexibility index (Phi) is 7.90. The monoisotopic (exact) mass is 434 g/mol. The predicted octanol–water partition coefficient (Wildman–Crippen LogP) is 5.67. The molecule has 0 fully saturated rings. The number of hydrogen-bond acceptors (Lipinski definition) is 3. The summed E-state index contributed by atoms with van der Waals surface area (Å²) in [6.45, 7) is 0. The molecule has 3 aromatic rings. The topological polar surface area (TPSA) is 74.6 Å². The maximum atomic E-state index is 11.4. The van der Waals surface area contributed by atoms with Crippen LogP contribution in [-0.4, -0.2) is 27.9 Å². The van der Waals surface area contributed by atoms with Crippen molar-refractivity contribution in [3.05, 3.63) is 108 Å². The second-order valence-corrected chi connectivity index (χ2v) is 8.71. The number of thioether (sulfide) groups is 1. The summed E-state index contributed by atoms with van der Waals surface area (Å²) in [6.07, 6.45) is 0.605. The van der Waals surface area contributed by atoms with Gasteiger partial charge < -0.3 is 10.2 Å². The minimum absolute atomic E-state index is 0.336. The number of carbonyl (C=O) groups is 2. The summed E-state index contributed by atoms with van der Waals surface area (Å²) in [6, 6.07) is 30.9. The van der Waals surface area contributed by atoms with Crippen molar-refractivity contribution in [3.8, 4) is 0 Å². The van der Waals surface area contributed by atoms with E-state index >= 15 is 0 Å². The number of benzene rings is 3. The molecule has 3 rings (SSSR count). The summed E-state index contributed by atoms with van der Waals surface area (Å²) in [5, 5.41) is 18.3. The van der Waals surface area contributed by atoms with E-state index in [-0.39, 0.29) is 6.42 Å². The van der Waals surface area contributed by atoms with Gasteiger partial charge in [-0.1, -0.05) is 91.0 Å². The van der Waals surface area contributed by atoms with Crippen LogP contribution < -0.4 is 0 Å². The molecule has 0 aromatic heterocycles. The summed E-state index contributed by atoms with van der Waals surface area (Å²) in [4.78, 5) is 22.4. The number of carboxylic acids is 2. The van der Waals surface area contributed by atoms with Crippen molar-refractivity contribution >= 4 is 23.7 Å². The van der Waals surface area contributed by atoms with Crippen molar-refractivity contribution < 1.29 is 19.8 Å². The lowest BCUT2D eigenvalue weighted by Gasteiger charge is -2.35. The van der Waals surface area contributed by atoms with Crippen LogP contribution in [0.3, 0.4) is 0 Å². The van der Waals surface area contributed by atoms with E-state index in [1.165, 1.54) is 0 Å². The third-order valence-corrected chi connectivity index (χ3v) is 6.96. The Labute approximate surface area is 186 Å². The van der Waals surface area contributed by atoms with E-state index in [0.29, 0.717) is 18.6 Å². The Balaban J connectivity index is 1.93. The van der Waals surface area contributed by atoms with Gasteiger partial charge in [-0.05, 0) is 35.3 Å². The molecule has 2 N–H and O–H groups in total. The van der Waals surface area contributed by atoms with Crippen molar-refractivity contribution in [2.45, 2.75) is 24.0 Å². The van der Waals surface area contributed by atoms with E-state index in [0.717, 1.165) is 16.7 Å². The number of aliphatic carboxylic acids is 2. The maximum Gasteiger partial charge on any atom is 0.307 e. The SMILES string of the molecule is O=C(O)CC(CCCSC(c1ccccc1)(c1ccccc1)c1ccccc1)C(=O)O. The van der Waals surface area contributed by atoms with Crippen molar-refractivity contribution in [2.75, 3.05) is 5.75 Å².